The second kappa shape index (κ2) is 8.00. The summed E-state index contributed by atoms with van der Waals surface area (Å²) in [5, 5.41) is 0.779. The van der Waals surface area contributed by atoms with E-state index in [4.69, 9.17) is 11.6 Å². The predicted molar refractivity (Wildman–Crippen MR) is 105 cm³/mol. The molecule has 1 saturated heterocycles. The highest BCUT2D eigenvalue weighted by Crippen LogP contribution is 2.24. The molecule has 2 aromatic carbocycles. The van der Waals surface area contributed by atoms with Crippen LogP contribution in [0.2, 0.25) is 5.02 Å². The van der Waals surface area contributed by atoms with Crippen molar-refractivity contribution in [1.82, 2.24) is 4.90 Å². The van der Waals surface area contributed by atoms with Gasteiger partial charge in [-0.1, -0.05) is 60.5 Å². The van der Waals surface area contributed by atoms with Gasteiger partial charge in [0.25, 0.3) is 0 Å². The Balaban J connectivity index is 1.68. The fraction of sp³-hybridized carbons (Fsp3) is 0.364. The summed E-state index contributed by atoms with van der Waals surface area (Å²) in [5.41, 5.74) is 5.09. The highest BCUT2D eigenvalue weighted by Gasteiger charge is 2.16. The Kier molecular flexibility index (Phi) is 5.76. The van der Waals surface area contributed by atoms with Crippen molar-refractivity contribution in [3.63, 3.8) is 0 Å². The second-order valence-electron chi connectivity index (χ2n) is 6.81. The molecule has 0 radical (unpaired) electrons. The zero-order valence-corrected chi connectivity index (χ0v) is 15.4. The number of benzene rings is 2. The monoisotopic (exact) mass is 339 g/mol. The molecule has 1 unspecified atom stereocenters. The lowest BCUT2D eigenvalue weighted by Crippen LogP contribution is -2.37. The smallest absolute Gasteiger partial charge is 0.0406 e. The van der Waals surface area contributed by atoms with Crippen molar-refractivity contribution in [2.75, 3.05) is 13.1 Å². The van der Waals surface area contributed by atoms with Gasteiger partial charge in [-0.2, -0.15) is 0 Å². The number of halogens is 1. The fourth-order valence-corrected chi connectivity index (χ4v) is 3.49. The average Bonchev–Trinajstić information content (AvgIpc) is 2.62. The molecule has 1 atom stereocenters. The number of hydrogen-bond donors (Lipinski definition) is 0. The molecular formula is C22H26ClN. The third-order valence-electron chi connectivity index (χ3n) is 5.09. The van der Waals surface area contributed by atoms with Crippen molar-refractivity contribution in [3.05, 3.63) is 65.2 Å². The Bertz CT molecular complexity index is 685. The van der Waals surface area contributed by atoms with Crippen LogP contribution in [-0.2, 0) is 0 Å². The first-order valence-electron chi connectivity index (χ1n) is 8.90. The lowest BCUT2D eigenvalue weighted by molar-refractivity contribution is 0.179. The van der Waals surface area contributed by atoms with E-state index in [2.05, 4.69) is 61.2 Å². The summed E-state index contributed by atoms with van der Waals surface area (Å²) < 4.78 is 0. The van der Waals surface area contributed by atoms with Crippen molar-refractivity contribution in [2.45, 2.75) is 39.2 Å². The molecule has 0 aromatic heterocycles. The van der Waals surface area contributed by atoms with Gasteiger partial charge in [-0.3, -0.25) is 4.90 Å². The summed E-state index contributed by atoms with van der Waals surface area (Å²) in [6.45, 7) is 6.86. The Labute approximate surface area is 151 Å². The van der Waals surface area contributed by atoms with Crippen molar-refractivity contribution < 1.29 is 0 Å². The summed E-state index contributed by atoms with van der Waals surface area (Å²) in [5.74, 6) is 0. The molecule has 24 heavy (non-hydrogen) atoms. The van der Waals surface area contributed by atoms with Crippen molar-refractivity contribution >= 4 is 17.2 Å². The molecule has 2 aromatic rings. The molecule has 126 valence electrons. The van der Waals surface area contributed by atoms with Crippen LogP contribution in [0.5, 0.6) is 0 Å². The number of likely N-dealkylation sites (tertiary alicyclic amines) is 1. The van der Waals surface area contributed by atoms with E-state index in [0.717, 1.165) is 17.6 Å². The zero-order chi connectivity index (χ0) is 16.9. The molecular weight excluding hydrogens is 314 g/mol. The molecule has 0 aliphatic carbocycles. The first-order valence-corrected chi connectivity index (χ1v) is 9.28. The van der Waals surface area contributed by atoms with Gasteiger partial charge in [0.15, 0.2) is 0 Å². The Morgan fingerprint density at radius 1 is 1.04 bits per heavy atom. The molecule has 3 rings (SSSR count). The second-order valence-corrected chi connectivity index (χ2v) is 7.25. The third-order valence-corrected chi connectivity index (χ3v) is 5.34. The van der Waals surface area contributed by atoms with Gasteiger partial charge in [-0.15, -0.1) is 0 Å². The highest BCUT2D eigenvalue weighted by atomic mass is 35.5. The van der Waals surface area contributed by atoms with Crippen LogP contribution in [-0.4, -0.2) is 24.0 Å². The van der Waals surface area contributed by atoms with Gasteiger partial charge in [0.1, 0.15) is 0 Å². The molecule has 2 heteroatoms. The molecule has 1 heterocycles. The Morgan fingerprint density at radius 3 is 2.29 bits per heavy atom. The lowest BCUT2D eigenvalue weighted by Gasteiger charge is -2.32. The lowest BCUT2D eigenvalue weighted by atomic mass is 10.00. The fourth-order valence-electron chi connectivity index (χ4n) is 3.37. The van der Waals surface area contributed by atoms with E-state index in [1.165, 1.54) is 48.1 Å². The van der Waals surface area contributed by atoms with Crippen LogP contribution in [0.3, 0.4) is 0 Å². The number of hydrogen-bond acceptors (Lipinski definition) is 1. The standard InChI is InChI=1S/C22H26ClN/c1-17(14-16-24-15-4-3-5-18(24)2)19-6-8-20(9-7-19)21-10-12-22(23)13-11-21/h6-14,18H,3-5,15-16H2,1-2H3. The van der Waals surface area contributed by atoms with Gasteiger partial charge < -0.3 is 0 Å². The van der Waals surface area contributed by atoms with E-state index in [1.54, 1.807) is 0 Å². The summed E-state index contributed by atoms with van der Waals surface area (Å²) in [6, 6.07) is 17.6. The minimum Gasteiger partial charge on any atom is -0.297 e. The van der Waals surface area contributed by atoms with Crippen LogP contribution in [0.25, 0.3) is 16.7 Å². The summed E-state index contributed by atoms with van der Waals surface area (Å²) in [6.07, 6.45) is 6.43. The van der Waals surface area contributed by atoms with Gasteiger partial charge in [0, 0.05) is 17.6 Å². The molecule has 0 saturated carbocycles. The van der Waals surface area contributed by atoms with E-state index in [9.17, 15) is 0 Å². The first-order chi connectivity index (χ1) is 11.6. The van der Waals surface area contributed by atoms with Gasteiger partial charge in [0.2, 0.25) is 0 Å². The van der Waals surface area contributed by atoms with E-state index < -0.39 is 0 Å². The Hall–Kier alpha value is -1.57. The van der Waals surface area contributed by atoms with Crippen LogP contribution in [0.4, 0.5) is 0 Å². The largest absolute Gasteiger partial charge is 0.297 e. The molecule has 1 aliphatic heterocycles. The van der Waals surface area contributed by atoms with Crippen molar-refractivity contribution in [3.8, 4) is 11.1 Å². The number of nitrogens with zero attached hydrogens (tertiary/aromatic N) is 1. The molecule has 1 nitrogen and oxygen atoms in total. The summed E-state index contributed by atoms with van der Waals surface area (Å²) >= 11 is 5.96. The quantitative estimate of drug-likeness (QED) is 0.633. The zero-order valence-electron chi connectivity index (χ0n) is 14.6. The van der Waals surface area contributed by atoms with E-state index in [0.29, 0.717) is 0 Å². The van der Waals surface area contributed by atoms with Gasteiger partial charge >= 0.3 is 0 Å². The van der Waals surface area contributed by atoms with E-state index in [1.807, 2.05) is 12.1 Å². The van der Waals surface area contributed by atoms with E-state index >= 15 is 0 Å². The van der Waals surface area contributed by atoms with Crippen LogP contribution in [0.15, 0.2) is 54.6 Å². The van der Waals surface area contributed by atoms with Crippen LogP contribution >= 0.6 is 11.6 Å². The maximum atomic E-state index is 5.96. The first kappa shape index (κ1) is 17.3. The minimum atomic E-state index is 0.718. The Morgan fingerprint density at radius 2 is 1.67 bits per heavy atom. The van der Waals surface area contributed by atoms with E-state index in [-0.39, 0.29) is 0 Å². The van der Waals surface area contributed by atoms with Crippen molar-refractivity contribution in [2.24, 2.45) is 0 Å². The normalized spacial score (nSPS) is 19.5. The summed E-state index contributed by atoms with van der Waals surface area (Å²) in [7, 11) is 0. The third kappa shape index (κ3) is 4.28. The summed E-state index contributed by atoms with van der Waals surface area (Å²) in [4.78, 5) is 2.59. The van der Waals surface area contributed by atoms with Gasteiger partial charge in [0.05, 0.1) is 0 Å². The predicted octanol–water partition coefficient (Wildman–Crippen LogP) is 6.28. The van der Waals surface area contributed by atoms with Crippen LogP contribution in [0, 0.1) is 0 Å². The van der Waals surface area contributed by atoms with Crippen molar-refractivity contribution in [1.29, 1.82) is 0 Å². The minimum absolute atomic E-state index is 0.718. The number of piperidine rings is 1. The molecule has 0 bridgehead atoms. The maximum absolute atomic E-state index is 5.96. The average molecular weight is 340 g/mol. The number of allylic oxidation sites excluding steroid dienone is 1. The topological polar surface area (TPSA) is 3.24 Å². The molecule has 1 fully saturated rings. The number of rotatable bonds is 4. The highest BCUT2D eigenvalue weighted by molar-refractivity contribution is 6.30. The molecule has 0 N–H and O–H groups in total. The van der Waals surface area contributed by atoms with Gasteiger partial charge in [-0.05, 0) is 67.6 Å². The molecule has 0 amide bonds. The maximum Gasteiger partial charge on any atom is 0.0406 e. The van der Waals surface area contributed by atoms with Gasteiger partial charge in [-0.25, -0.2) is 0 Å². The molecule has 1 aliphatic rings. The molecule has 0 spiro atoms. The van der Waals surface area contributed by atoms with Crippen LogP contribution in [0.1, 0.15) is 38.7 Å². The SMILES string of the molecule is CC(=CCN1CCCCC1C)c1ccc(-c2ccc(Cl)cc2)cc1. The van der Waals surface area contributed by atoms with Crippen LogP contribution < -0.4 is 0 Å².